The highest BCUT2D eigenvalue weighted by molar-refractivity contribution is 7.09. The highest BCUT2D eigenvalue weighted by Gasteiger charge is 2.19. The Morgan fingerprint density at radius 2 is 2.08 bits per heavy atom. The summed E-state index contributed by atoms with van der Waals surface area (Å²) in [6, 6.07) is 0. The average molecular weight is 364 g/mol. The summed E-state index contributed by atoms with van der Waals surface area (Å²) in [6.07, 6.45) is 2.67. The first-order valence-electron chi connectivity index (χ1n) is 8.63. The molecule has 138 valence electrons. The van der Waals surface area contributed by atoms with Crippen LogP contribution in [-0.2, 0) is 18.4 Å². The lowest BCUT2D eigenvalue weighted by Gasteiger charge is -2.13. The topological polar surface area (TPSA) is 75.3 Å². The largest absolute Gasteiger partial charge is 0.443 e. The van der Waals surface area contributed by atoms with Crippen LogP contribution >= 0.6 is 11.3 Å². The van der Waals surface area contributed by atoms with Crippen LogP contribution in [0.5, 0.6) is 0 Å². The van der Waals surface area contributed by atoms with Gasteiger partial charge >= 0.3 is 0 Å². The molecule has 0 fully saturated rings. The summed E-state index contributed by atoms with van der Waals surface area (Å²) < 4.78 is 5.78. The van der Waals surface area contributed by atoms with Crippen molar-refractivity contribution in [2.24, 2.45) is 4.99 Å². The Balaban J connectivity index is 1.77. The molecule has 0 aliphatic carbocycles. The van der Waals surface area contributed by atoms with Gasteiger partial charge in [-0.05, 0) is 0 Å². The van der Waals surface area contributed by atoms with Crippen molar-refractivity contribution in [1.82, 2.24) is 20.6 Å². The van der Waals surface area contributed by atoms with E-state index in [9.17, 15) is 0 Å². The Hall–Kier alpha value is -1.89. The molecule has 2 aromatic heterocycles. The van der Waals surface area contributed by atoms with E-state index in [1.807, 2.05) is 0 Å². The molecule has 0 aliphatic rings. The lowest BCUT2D eigenvalue weighted by Crippen LogP contribution is -2.38. The Kier molecular flexibility index (Phi) is 6.58. The molecule has 2 aromatic rings. The maximum Gasteiger partial charge on any atom is 0.213 e. The van der Waals surface area contributed by atoms with Gasteiger partial charge in [0.05, 0.1) is 23.4 Å². The number of thiazole rings is 1. The van der Waals surface area contributed by atoms with Crippen LogP contribution in [0.2, 0.25) is 0 Å². The van der Waals surface area contributed by atoms with Gasteiger partial charge in [0.25, 0.3) is 0 Å². The number of aliphatic imine (C=N–C) groups is 1. The van der Waals surface area contributed by atoms with Crippen molar-refractivity contribution >= 4 is 17.3 Å². The molecule has 0 saturated heterocycles. The molecule has 7 heteroatoms. The Labute approximate surface area is 154 Å². The van der Waals surface area contributed by atoms with Crippen molar-refractivity contribution in [3.05, 3.63) is 33.9 Å². The number of guanidine groups is 1. The molecule has 0 radical (unpaired) electrons. The lowest BCUT2D eigenvalue weighted by atomic mass is 9.94. The molecule has 0 unspecified atom stereocenters. The third kappa shape index (κ3) is 5.85. The minimum absolute atomic E-state index is 0.0342. The van der Waals surface area contributed by atoms with Crippen molar-refractivity contribution in [2.45, 2.75) is 58.9 Å². The zero-order valence-corrected chi connectivity index (χ0v) is 16.8. The molecule has 0 saturated carbocycles. The van der Waals surface area contributed by atoms with E-state index in [-0.39, 0.29) is 5.41 Å². The first-order chi connectivity index (χ1) is 11.8. The fraction of sp³-hybridized carbons (Fsp3) is 0.611. The number of hydrogen-bond donors (Lipinski definition) is 2. The highest BCUT2D eigenvalue weighted by Crippen LogP contribution is 2.22. The van der Waals surface area contributed by atoms with Crippen LogP contribution in [0.4, 0.5) is 0 Å². The van der Waals surface area contributed by atoms with Crippen molar-refractivity contribution in [3.8, 4) is 0 Å². The standard InChI is InChI=1S/C18H29N5OS/c1-12(2)16-23-13(11-25-16)7-8-20-17(19-6)22-10-15-21-9-14(24-15)18(3,4)5/h9,11-12H,7-8,10H2,1-6H3,(H2,19,20,22). The smallest absolute Gasteiger partial charge is 0.213 e. The maximum atomic E-state index is 5.78. The van der Waals surface area contributed by atoms with Crippen molar-refractivity contribution < 1.29 is 4.42 Å². The molecule has 2 N–H and O–H groups in total. The average Bonchev–Trinajstić information content (AvgIpc) is 3.19. The molecule has 0 spiro atoms. The van der Waals surface area contributed by atoms with Crippen LogP contribution in [0.3, 0.4) is 0 Å². The van der Waals surface area contributed by atoms with Crippen molar-refractivity contribution in [3.63, 3.8) is 0 Å². The van der Waals surface area contributed by atoms with E-state index in [0.717, 1.165) is 30.4 Å². The molecular formula is C18H29N5OS. The van der Waals surface area contributed by atoms with E-state index in [1.54, 1.807) is 24.6 Å². The Morgan fingerprint density at radius 1 is 1.32 bits per heavy atom. The number of nitrogens with one attached hydrogen (secondary N) is 2. The molecule has 0 atom stereocenters. The molecule has 0 bridgehead atoms. The summed E-state index contributed by atoms with van der Waals surface area (Å²) in [6.45, 7) is 11.9. The van der Waals surface area contributed by atoms with Gasteiger partial charge in [-0.2, -0.15) is 0 Å². The quantitative estimate of drug-likeness (QED) is 0.607. The number of aromatic nitrogens is 2. The van der Waals surface area contributed by atoms with Gasteiger partial charge in [-0.15, -0.1) is 11.3 Å². The molecule has 2 rings (SSSR count). The monoisotopic (exact) mass is 363 g/mol. The molecule has 6 nitrogen and oxygen atoms in total. The van der Waals surface area contributed by atoms with Gasteiger partial charge in [0, 0.05) is 36.7 Å². The molecule has 2 heterocycles. The van der Waals surface area contributed by atoms with Gasteiger partial charge in [0.2, 0.25) is 5.89 Å². The van der Waals surface area contributed by atoms with E-state index in [4.69, 9.17) is 4.42 Å². The predicted octanol–water partition coefficient (Wildman–Crippen LogP) is 3.46. The van der Waals surface area contributed by atoms with E-state index >= 15 is 0 Å². The molecule has 25 heavy (non-hydrogen) atoms. The summed E-state index contributed by atoms with van der Waals surface area (Å²) in [5, 5.41) is 9.85. The second-order valence-electron chi connectivity index (χ2n) is 7.30. The van der Waals surface area contributed by atoms with Gasteiger partial charge in [0.1, 0.15) is 5.76 Å². The predicted molar refractivity (Wildman–Crippen MR) is 103 cm³/mol. The normalized spacial score (nSPS) is 12.7. The first kappa shape index (κ1) is 19.4. The Bertz CT molecular complexity index is 696. The molecular weight excluding hydrogens is 334 g/mol. The minimum atomic E-state index is -0.0342. The zero-order chi connectivity index (χ0) is 18.4. The summed E-state index contributed by atoms with van der Waals surface area (Å²) >= 11 is 1.73. The second kappa shape index (κ2) is 8.47. The highest BCUT2D eigenvalue weighted by atomic mass is 32.1. The van der Waals surface area contributed by atoms with Gasteiger partial charge in [0.15, 0.2) is 5.96 Å². The fourth-order valence-corrected chi connectivity index (χ4v) is 3.00. The molecule has 0 aromatic carbocycles. The van der Waals surface area contributed by atoms with Crippen LogP contribution in [0.25, 0.3) is 0 Å². The van der Waals surface area contributed by atoms with Crippen LogP contribution < -0.4 is 10.6 Å². The number of oxazole rings is 1. The van der Waals surface area contributed by atoms with Crippen LogP contribution in [0.15, 0.2) is 21.0 Å². The summed E-state index contributed by atoms with van der Waals surface area (Å²) in [5.41, 5.74) is 1.09. The van der Waals surface area contributed by atoms with Gasteiger partial charge < -0.3 is 15.1 Å². The van der Waals surface area contributed by atoms with Crippen LogP contribution in [0, 0.1) is 0 Å². The van der Waals surface area contributed by atoms with Gasteiger partial charge in [-0.1, -0.05) is 34.6 Å². The van der Waals surface area contributed by atoms with Gasteiger partial charge in [-0.25, -0.2) is 9.97 Å². The number of nitrogens with zero attached hydrogens (tertiary/aromatic N) is 3. The molecule has 0 aliphatic heterocycles. The number of rotatable bonds is 6. The fourth-order valence-electron chi connectivity index (χ4n) is 2.13. The second-order valence-corrected chi connectivity index (χ2v) is 8.19. The van der Waals surface area contributed by atoms with Crippen LogP contribution in [-0.4, -0.2) is 29.5 Å². The van der Waals surface area contributed by atoms with Gasteiger partial charge in [-0.3, -0.25) is 4.99 Å². The lowest BCUT2D eigenvalue weighted by molar-refractivity contribution is 0.379. The van der Waals surface area contributed by atoms with Crippen LogP contribution in [0.1, 0.15) is 62.9 Å². The van der Waals surface area contributed by atoms with E-state index in [2.05, 4.69) is 65.6 Å². The first-order valence-corrected chi connectivity index (χ1v) is 9.51. The Morgan fingerprint density at radius 3 is 2.64 bits per heavy atom. The summed E-state index contributed by atoms with van der Waals surface area (Å²) in [4.78, 5) is 13.2. The minimum Gasteiger partial charge on any atom is -0.443 e. The maximum absolute atomic E-state index is 5.78. The summed E-state index contributed by atoms with van der Waals surface area (Å²) in [5.74, 6) is 2.76. The van der Waals surface area contributed by atoms with Crippen molar-refractivity contribution in [1.29, 1.82) is 0 Å². The molecule has 0 amide bonds. The van der Waals surface area contributed by atoms with E-state index in [1.165, 1.54) is 5.01 Å². The third-order valence-corrected chi connectivity index (χ3v) is 4.85. The number of hydrogen-bond acceptors (Lipinski definition) is 5. The van der Waals surface area contributed by atoms with Crippen molar-refractivity contribution in [2.75, 3.05) is 13.6 Å². The SMILES string of the molecule is CN=C(NCCc1csc(C(C)C)n1)NCc1ncc(C(C)(C)C)o1. The van der Waals surface area contributed by atoms with E-state index < -0.39 is 0 Å². The zero-order valence-electron chi connectivity index (χ0n) is 16.0. The summed E-state index contributed by atoms with van der Waals surface area (Å²) in [7, 11) is 1.76. The third-order valence-electron chi connectivity index (χ3n) is 3.66. The van der Waals surface area contributed by atoms with E-state index in [0.29, 0.717) is 18.4 Å².